The van der Waals surface area contributed by atoms with Crippen molar-refractivity contribution in [3.63, 3.8) is 0 Å². The fourth-order valence-corrected chi connectivity index (χ4v) is 1.64. The molecule has 0 unspecified atom stereocenters. The maximum absolute atomic E-state index is 11.4. The van der Waals surface area contributed by atoms with Gasteiger partial charge in [-0.3, -0.25) is 4.90 Å². The Morgan fingerprint density at radius 1 is 1.47 bits per heavy atom. The molecular formula is C11H13NO3. The van der Waals surface area contributed by atoms with E-state index in [2.05, 4.69) is 0 Å². The van der Waals surface area contributed by atoms with Gasteiger partial charge in [0.25, 0.3) is 0 Å². The Hall–Kier alpha value is -1.71. The zero-order valence-corrected chi connectivity index (χ0v) is 8.82. The van der Waals surface area contributed by atoms with E-state index in [4.69, 9.17) is 9.47 Å². The predicted octanol–water partition coefficient (Wildman–Crippen LogP) is 1.82. The summed E-state index contributed by atoms with van der Waals surface area (Å²) in [5, 5.41) is 0. The molecule has 1 aliphatic heterocycles. The van der Waals surface area contributed by atoms with Crippen molar-refractivity contribution in [3.8, 4) is 5.75 Å². The van der Waals surface area contributed by atoms with Crippen molar-refractivity contribution in [1.29, 1.82) is 0 Å². The maximum atomic E-state index is 11.4. The molecule has 0 fully saturated rings. The monoisotopic (exact) mass is 207 g/mol. The summed E-state index contributed by atoms with van der Waals surface area (Å²) in [5.41, 5.74) is 1.96. The second-order valence-corrected chi connectivity index (χ2v) is 3.42. The molecule has 15 heavy (non-hydrogen) atoms. The molecular weight excluding hydrogens is 194 g/mol. The molecule has 0 spiro atoms. The summed E-state index contributed by atoms with van der Waals surface area (Å²) in [4.78, 5) is 12.9. The van der Waals surface area contributed by atoms with E-state index in [1.165, 1.54) is 4.90 Å². The molecule has 0 saturated heterocycles. The van der Waals surface area contributed by atoms with Gasteiger partial charge in [-0.05, 0) is 11.6 Å². The Morgan fingerprint density at radius 2 is 2.27 bits per heavy atom. The first-order valence-corrected chi connectivity index (χ1v) is 4.80. The first-order chi connectivity index (χ1) is 7.22. The van der Waals surface area contributed by atoms with Crippen LogP contribution in [0.25, 0.3) is 0 Å². The molecule has 4 nitrogen and oxygen atoms in total. The summed E-state index contributed by atoms with van der Waals surface area (Å²) in [5.74, 6) is 0.746. The summed E-state index contributed by atoms with van der Waals surface area (Å²) in [6, 6.07) is 5.71. The normalized spacial score (nSPS) is 15.3. The van der Waals surface area contributed by atoms with Crippen LogP contribution in [0.2, 0.25) is 0 Å². The molecule has 0 radical (unpaired) electrons. The molecule has 0 aliphatic carbocycles. The van der Waals surface area contributed by atoms with Gasteiger partial charge in [-0.25, -0.2) is 4.79 Å². The topological polar surface area (TPSA) is 38.8 Å². The summed E-state index contributed by atoms with van der Waals surface area (Å²) < 4.78 is 10.1. The van der Waals surface area contributed by atoms with Crippen LogP contribution in [0.3, 0.4) is 0 Å². The van der Waals surface area contributed by atoms with Crippen molar-refractivity contribution in [3.05, 3.63) is 23.8 Å². The lowest BCUT2D eigenvalue weighted by Gasteiger charge is -2.16. The van der Waals surface area contributed by atoms with Crippen molar-refractivity contribution >= 4 is 11.8 Å². The number of carbonyl (C=O) groups is 1. The number of nitrogens with zero attached hydrogens (tertiary/aromatic N) is 1. The van der Waals surface area contributed by atoms with Crippen LogP contribution in [-0.2, 0) is 11.2 Å². The summed E-state index contributed by atoms with van der Waals surface area (Å²) in [6.45, 7) is 0.433. The standard InChI is InChI=1S/C11H13NO3/c1-12-10-7-9(14-2)4-3-8(10)5-6-15-11(12)13/h3-4,7H,5-6H2,1-2H3. The van der Waals surface area contributed by atoms with Gasteiger partial charge < -0.3 is 9.47 Å². The fourth-order valence-electron chi connectivity index (χ4n) is 1.64. The smallest absolute Gasteiger partial charge is 0.414 e. The minimum atomic E-state index is -0.318. The minimum Gasteiger partial charge on any atom is -0.497 e. The predicted molar refractivity (Wildman–Crippen MR) is 56.4 cm³/mol. The van der Waals surface area contributed by atoms with Gasteiger partial charge in [0.15, 0.2) is 0 Å². The molecule has 1 aromatic carbocycles. The Labute approximate surface area is 88.4 Å². The van der Waals surface area contributed by atoms with Crippen LogP contribution in [0, 0.1) is 0 Å². The Morgan fingerprint density at radius 3 is 3.00 bits per heavy atom. The summed E-state index contributed by atoms with van der Waals surface area (Å²) in [7, 11) is 3.31. The molecule has 0 saturated carbocycles. The van der Waals surface area contributed by atoms with E-state index in [1.807, 2.05) is 18.2 Å². The summed E-state index contributed by atoms with van der Waals surface area (Å²) in [6.07, 6.45) is 0.428. The largest absolute Gasteiger partial charge is 0.497 e. The first-order valence-electron chi connectivity index (χ1n) is 4.80. The third kappa shape index (κ3) is 1.75. The average Bonchev–Trinajstić information content (AvgIpc) is 2.40. The van der Waals surface area contributed by atoms with Crippen molar-refractivity contribution < 1.29 is 14.3 Å². The highest BCUT2D eigenvalue weighted by molar-refractivity contribution is 5.89. The van der Waals surface area contributed by atoms with Gasteiger partial charge in [-0.2, -0.15) is 0 Å². The zero-order chi connectivity index (χ0) is 10.8. The van der Waals surface area contributed by atoms with E-state index >= 15 is 0 Å². The number of methoxy groups -OCH3 is 1. The number of rotatable bonds is 1. The van der Waals surface area contributed by atoms with Gasteiger partial charge in [-0.15, -0.1) is 0 Å². The number of amides is 1. The number of carbonyl (C=O) groups excluding carboxylic acids is 1. The van der Waals surface area contributed by atoms with Crippen LogP contribution in [-0.4, -0.2) is 26.9 Å². The maximum Gasteiger partial charge on any atom is 0.414 e. The van der Waals surface area contributed by atoms with Crippen molar-refractivity contribution in [2.24, 2.45) is 0 Å². The molecule has 4 heteroatoms. The lowest BCUT2D eigenvalue weighted by atomic mass is 10.1. The SMILES string of the molecule is COc1ccc2c(c1)N(C)C(=O)OCC2. The number of fused-ring (bicyclic) bond motifs is 1. The number of hydrogen-bond acceptors (Lipinski definition) is 3. The highest BCUT2D eigenvalue weighted by atomic mass is 16.6. The number of ether oxygens (including phenoxy) is 2. The van der Waals surface area contributed by atoms with Crippen LogP contribution in [0.5, 0.6) is 5.75 Å². The minimum absolute atomic E-state index is 0.318. The Bertz CT molecular complexity index is 389. The van der Waals surface area contributed by atoms with Gasteiger partial charge >= 0.3 is 6.09 Å². The van der Waals surface area contributed by atoms with E-state index < -0.39 is 0 Å². The van der Waals surface area contributed by atoms with Crippen LogP contribution < -0.4 is 9.64 Å². The first kappa shape index (κ1) is 9.83. The van der Waals surface area contributed by atoms with Gasteiger partial charge in [-0.1, -0.05) is 6.07 Å². The molecule has 2 rings (SSSR count). The molecule has 1 aromatic rings. The zero-order valence-electron chi connectivity index (χ0n) is 8.82. The van der Waals surface area contributed by atoms with Crippen molar-refractivity contribution in [2.75, 3.05) is 25.7 Å². The van der Waals surface area contributed by atoms with E-state index in [1.54, 1.807) is 14.2 Å². The second kappa shape index (κ2) is 3.81. The number of cyclic esters (lactones) is 1. The molecule has 0 aromatic heterocycles. The lowest BCUT2D eigenvalue weighted by molar-refractivity contribution is 0.159. The van der Waals surface area contributed by atoms with E-state index in [-0.39, 0.29) is 6.09 Å². The van der Waals surface area contributed by atoms with Crippen LogP contribution in [0.4, 0.5) is 10.5 Å². The number of hydrogen-bond donors (Lipinski definition) is 0. The van der Waals surface area contributed by atoms with Crippen LogP contribution in [0.1, 0.15) is 5.56 Å². The number of benzene rings is 1. The molecule has 0 bridgehead atoms. The highest BCUT2D eigenvalue weighted by Crippen LogP contribution is 2.28. The van der Waals surface area contributed by atoms with Crippen LogP contribution >= 0.6 is 0 Å². The van der Waals surface area contributed by atoms with E-state index in [0.29, 0.717) is 6.61 Å². The quantitative estimate of drug-likeness (QED) is 0.705. The van der Waals surface area contributed by atoms with Gasteiger partial charge in [0.1, 0.15) is 5.75 Å². The average molecular weight is 207 g/mol. The van der Waals surface area contributed by atoms with Crippen LogP contribution in [0.15, 0.2) is 18.2 Å². The molecule has 0 atom stereocenters. The third-order valence-electron chi connectivity index (χ3n) is 2.52. The van der Waals surface area contributed by atoms with Gasteiger partial charge in [0, 0.05) is 19.5 Å². The second-order valence-electron chi connectivity index (χ2n) is 3.42. The van der Waals surface area contributed by atoms with Gasteiger partial charge in [0.05, 0.1) is 19.4 Å². The Balaban J connectivity index is 2.45. The number of anilines is 1. The molecule has 80 valence electrons. The van der Waals surface area contributed by atoms with E-state index in [0.717, 1.165) is 23.4 Å². The lowest BCUT2D eigenvalue weighted by Crippen LogP contribution is -2.25. The molecule has 1 heterocycles. The molecule has 0 N–H and O–H groups in total. The molecule has 1 aliphatic rings. The fraction of sp³-hybridized carbons (Fsp3) is 0.364. The van der Waals surface area contributed by atoms with Gasteiger partial charge in [0.2, 0.25) is 0 Å². The Kier molecular flexibility index (Phi) is 2.49. The third-order valence-corrected chi connectivity index (χ3v) is 2.52. The highest BCUT2D eigenvalue weighted by Gasteiger charge is 2.20. The van der Waals surface area contributed by atoms with Crippen molar-refractivity contribution in [1.82, 2.24) is 0 Å². The van der Waals surface area contributed by atoms with E-state index in [9.17, 15) is 4.79 Å². The molecule has 1 amide bonds. The summed E-state index contributed by atoms with van der Waals surface area (Å²) >= 11 is 0. The van der Waals surface area contributed by atoms with Crippen molar-refractivity contribution in [2.45, 2.75) is 6.42 Å².